The zero-order valence-corrected chi connectivity index (χ0v) is 17.3. The molecule has 1 aromatic heterocycles. The molecular formula is C19H26N6O3S. The standard InChI is InChI=1S/C19H26N6O3S/c1-15-5-9-23(10-6-15)19(26)16-7-11-24(12-8-16)29(27,28)18-4-2-3-17(13-18)25-14-20-21-22-25/h2-4,13-16H,5-12H2,1H3. The fraction of sp³-hybridized carbons (Fsp3) is 0.579. The number of aromatic nitrogens is 4. The number of sulfonamides is 1. The van der Waals surface area contributed by atoms with Crippen LogP contribution in [0.4, 0.5) is 0 Å². The number of piperidine rings is 2. The van der Waals surface area contributed by atoms with E-state index in [1.54, 1.807) is 24.3 Å². The van der Waals surface area contributed by atoms with Gasteiger partial charge in [-0.25, -0.2) is 13.1 Å². The molecule has 1 aromatic carbocycles. The Morgan fingerprint density at radius 1 is 1.07 bits per heavy atom. The summed E-state index contributed by atoms with van der Waals surface area (Å²) in [5.41, 5.74) is 0.584. The minimum atomic E-state index is -3.63. The number of hydrogen-bond acceptors (Lipinski definition) is 6. The molecule has 4 rings (SSSR count). The van der Waals surface area contributed by atoms with Crippen LogP contribution in [-0.2, 0) is 14.8 Å². The molecule has 0 radical (unpaired) electrons. The van der Waals surface area contributed by atoms with Crippen LogP contribution in [0.25, 0.3) is 5.69 Å². The number of tetrazole rings is 1. The van der Waals surface area contributed by atoms with Crippen molar-refractivity contribution in [2.45, 2.75) is 37.5 Å². The summed E-state index contributed by atoms with van der Waals surface area (Å²) in [6.07, 6.45) is 4.66. The van der Waals surface area contributed by atoms with E-state index in [0.29, 0.717) is 37.5 Å². The topological polar surface area (TPSA) is 101 Å². The smallest absolute Gasteiger partial charge is 0.243 e. The molecule has 1 amide bonds. The van der Waals surface area contributed by atoms with Gasteiger partial charge in [-0.2, -0.15) is 4.31 Å². The first kappa shape index (κ1) is 20.0. The van der Waals surface area contributed by atoms with Crippen molar-refractivity contribution in [2.24, 2.45) is 11.8 Å². The lowest BCUT2D eigenvalue weighted by Gasteiger charge is -2.36. The molecule has 0 spiro atoms. The molecule has 29 heavy (non-hydrogen) atoms. The largest absolute Gasteiger partial charge is 0.342 e. The Balaban J connectivity index is 1.41. The molecule has 10 heteroatoms. The summed E-state index contributed by atoms with van der Waals surface area (Å²) in [7, 11) is -3.63. The quantitative estimate of drug-likeness (QED) is 0.742. The van der Waals surface area contributed by atoms with Crippen molar-refractivity contribution in [3.05, 3.63) is 30.6 Å². The second kappa shape index (κ2) is 8.19. The van der Waals surface area contributed by atoms with E-state index in [0.717, 1.165) is 25.9 Å². The van der Waals surface area contributed by atoms with Crippen molar-refractivity contribution >= 4 is 15.9 Å². The monoisotopic (exact) mass is 418 g/mol. The van der Waals surface area contributed by atoms with E-state index in [-0.39, 0.29) is 16.7 Å². The third kappa shape index (κ3) is 4.18. The number of nitrogens with zero attached hydrogens (tertiary/aromatic N) is 6. The molecule has 0 atom stereocenters. The van der Waals surface area contributed by atoms with Crippen molar-refractivity contribution in [1.29, 1.82) is 0 Å². The van der Waals surface area contributed by atoms with Gasteiger partial charge in [-0.05, 0) is 60.2 Å². The Hall–Kier alpha value is -2.33. The second-order valence-corrected chi connectivity index (χ2v) is 9.88. The second-order valence-electron chi connectivity index (χ2n) is 7.94. The van der Waals surface area contributed by atoms with Gasteiger partial charge in [0.2, 0.25) is 15.9 Å². The van der Waals surface area contributed by atoms with Crippen molar-refractivity contribution in [3.63, 3.8) is 0 Å². The van der Waals surface area contributed by atoms with Crippen LogP contribution >= 0.6 is 0 Å². The highest BCUT2D eigenvalue weighted by molar-refractivity contribution is 7.89. The van der Waals surface area contributed by atoms with Gasteiger partial charge < -0.3 is 4.90 Å². The van der Waals surface area contributed by atoms with Crippen LogP contribution in [-0.4, -0.2) is 69.9 Å². The molecule has 9 nitrogen and oxygen atoms in total. The Morgan fingerprint density at radius 3 is 2.45 bits per heavy atom. The van der Waals surface area contributed by atoms with E-state index >= 15 is 0 Å². The highest BCUT2D eigenvalue weighted by atomic mass is 32.2. The van der Waals surface area contributed by atoms with Crippen LogP contribution in [0.5, 0.6) is 0 Å². The number of carbonyl (C=O) groups is 1. The third-order valence-corrected chi connectivity index (χ3v) is 7.86. The van der Waals surface area contributed by atoms with Gasteiger partial charge in [0.15, 0.2) is 0 Å². The molecule has 2 aromatic rings. The van der Waals surface area contributed by atoms with Gasteiger partial charge in [0.05, 0.1) is 10.6 Å². The minimum Gasteiger partial charge on any atom is -0.342 e. The van der Waals surface area contributed by atoms with Gasteiger partial charge >= 0.3 is 0 Å². The zero-order valence-electron chi connectivity index (χ0n) is 16.5. The van der Waals surface area contributed by atoms with Crippen LogP contribution in [0, 0.1) is 11.8 Å². The van der Waals surface area contributed by atoms with E-state index in [4.69, 9.17) is 0 Å². The third-order valence-electron chi connectivity index (χ3n) is 5.97. The van der Waals surface area contributed by atoms with E-state index in [9.17, 15) is 13.2 Å². The molecule has 2 saturated heterocycles. The minimum absolute atomic E-state index is 0.0811. The zero-order chi connectivity index (χ0) is 20.4. The van der Waals surface area contributed by atoms with Crippen molar-refractivity contribution in [1.82, 2.24) is 29.4 Å². The average Bonchev–Trinajstić information content (AvgIpc) is 3.29. The fourth-order valence-corrected chi connectivity index (χ4v) is 5.56. The summed E-state index contributed by atoms with van der Waals surface area (Å²) in [5.74, 6) is 0.784. The Morgan fingerprint density at radius 2 is 1.79 bits per heavy atom. The van der Waals surface area contributed by atoms with E-state index in [2.05, 4.69) is 22.4 Å². The van der Waals surface area contributed by atoms with E-state index < -0.39 is 10.0 Å². The molecule has 2 aliphatic rings. The SMILES string of the molecule is CC1CCN(C(=O)C2CCN(S(=O)(=O)c3cccc(-n4cnnn4)c3)CC2)CC1. The number of amides is 1. The van der Waals surface area contributed by atoms with Gasteiger partial charge in [-0.15, -0.1) is 5.10 Å². The van der Waals surface area contributed by atoms with Gasteiger partial charge in [-0.3, -0.25) is 4.79 Å². The first-order valence-electron chi connectivity index (χ1n) is 10.1. The molecular weight excluding hydrogens is 392 g/mol. The molecule has 0 bridgehead atoms. The fourth-order valence-electron chi connectivity index (χ4n) is 4.05. The molecule has 156 valence electrons. The maximum atomic E-state index is 13.1. The number of hydrogen-bond donors (Lipinski definition) is 0. The van der Waals surface area contributed by atoms with Crippen LogP contribution in [0.1, 0.15) is 32.6 Å². The van der Waals surface area contributed by atoms with Crippen molar-refractivity contribution < 1.29 is 13.2 Å². The summed E-state index contributed by atoms with van der Waals surface area (Å²) in [5, 5.41) is 11.0. The maximum Gasteiger partial charge on any atom is 0.243 e. The highest BCUT2D eigenvalue weighted by Gasteiger charge is 2.34. The summed E-state index contributed by atoms with van der Waals surface area (Å²) in [6, 6.07) is 6.57. The highest BCUT2D eigenvalue weighted by Crippen LogP contribution is 2.27. The maximum absolute atomic E-state index is 13.1. The Kier molecular flexibility index (Phi) is 5.64. The number of carbonyl (C=O) groups excluding carboxylic acids is 1. The predicted octanol–water partition coefficient (Wildman–Crippen LogP) is 1.32. The van der Waals surface area contributed by atoms with Crippen molar-refractivity contribution in [3.8, 4) is 5.69 Å². The molecule has 2 fully saturated rings. The molecule has 0 saturated carbocycles. The first-order valence-corrected chi connectivity index (χ1v) is 11.5. The summed E-state index contributed by atoms with van der Waals surface area (Å²) < 4.78 is 29.1. The molecule has 2 aliphatic heterocycles. The Labute approximate surface area is 170 Å². The van der Waals surface area contributed by atoms with E-state index in [1.807, 2.05) is 4.90 Å². The van der Waals surface area contributed by atoms with Crippen LogP contribution in [0.2, 0.25) is 0 Å². The summed E-state index contributed by atoms with van der Waals surface area (Å²) in [4.78, 5) is 15.0. The average molecular weight is 419 g/mol. The lowest BCUT2D eigenvalue weighted by atomic mass is 9.93. The number of benzene rings is 1. The van der Waals surface area contributed by atoms with Crippen LogP contribution in [0.3, 0.4) is 0 Å². The number of rotatable bonds is 4. The van der Waals surface area contributed by atoms with Gasteiger partial charge in [-0.1, -0.05) is 13.0 Å². The molecule has 0 unspecified atom stereocenters. The predicted molar refractivity (Wildman–Crippen MR) is 106 cm³/mol. The molecule has 0 aliphatic carbocycles. The lowest BCUT2D eigenvalue weighted by molar-refractivity contribution is -0.138. The van der Waals surface area contributed by atoms with Crippen molar-refractivity contribution in [2.75, 3.05) is 26.2 Å². The molecule has 0 N–H and O–H groups in total. The van der Waals surface area contributed by atoms with E-state index in [1.165, 1.54) is 15.3 Å². The Bertz CT molecular complexity index is 946. The number of likely N-dealkylation sites (tertiary alicyclic amines) is 1. The van der Waals surface area contributed by atoms with Crippen LogP contribution < -0.4 is 0 Å². The normalized spacial score (nSPS) is 20.1. The molecule has 3 heterocycles. The first-order chi connectivity index (χ1) is 13.9. The van der Waals surface area contributed by atoms with Crippen LogP contribution in [0.15, 0.2) is 35.5 Å². The van der Waals surface area contributed by atoms with Gasteiger partial charge in [0.1, 0.15) is 6.33 Å². The van der Waals surface area contributed by atoms with Gasteiger partial charge in [0.25, 0.3) is 0 Å². The summed E-state index contributed by atoms with van der Waals surface area (Å²) >= 11 is 0. The summed E-state index contributed by atoms with van der Waals surface area (Å²) in [6.45, 7) is 4.58. The lowest BCUT2D eigenvalue weighted by Crippen LogP contribution is -2.46. The van der Waals surface area contributed by atoms with Gasteiger partial charge in [0, 0.05) is 32.1 Å².